The lowest BCUT2D eigenvalue weighted by Crippen LogP contribution is -2.26. The van der Waals surface area contributed by atoms with Crippen molar-refractivity contribution >= 4 is 8.96 Å². The van der Waals surface area contributed by atoms with Crippen LogP contribution in [0.1, 0.15) is 5.56 Å². The Hall–Kier alpha value is -0.603. The van der Waals surface area contributed by atoms with E-state index in [1.54, 1.807) is 0 Å². The first-order valence-electron chi connectivity index (χ1n) is 3.87. The van der Waals surface area contributed by atoms with Gasteiger partial charge in [-0.2, -0.15) is 0 Å². The Balaban J connectivity index is 2.39. The molecule has 0 aliphatic carbocycles. The van der Waals surface area contributed by atoms with E-state index >= 15 is 0 Å². The van der Waals surface area contributed by atoms with E-state index in [2.05, 4.69) is 42.3 Å². The minimum atomic E-state index is -0.282. The van der Waals surface area contributed by atoms with Gasteiger partial charge in [0.1, 0.15) is 8.96 Å². The van der Waals surface area contributed by atoms with Gasteiger partial charge >= 0.3 is 0 Å². The third-order valence-electron chi connectivity index (χ3n) is 1.49. The zero-order valence-corrected chi connectivity index (χ0v) is 8.09. The van der Waals surface area contributed by atoms with Crippen molar-refractivity contribution in [3.63, 3.8) is 0 Å². The molecule has 0 saturated heterocycles. The summed E-state index contributed by atoms with van der Waals surface area (Å²) in [6, 6.07) is 10.5. The summed E-state index contributed by atoms with van der Waals surface area (Å²) in [7, 11) is -0.282. The SMILES string of the molecule is C[Si](C)NCc1ccccc1. The Kier molecular flexibility index (Phi) is 3.33. The van der Waals surface area contributed by atoms with Crippen LogP contribution in [0.2, 0.25) is 13.1 Å². The van der Waals surface area contributed by atoms with Crippen LogP contribution < -0.4 is 4.98 Å². The predicted octanol–water partition coefficient (Wildman–Crippen LogP) is 2.03. The van der Waals surface area contributed by atoms with Gasteiger partial charge in [-0.05, 0) is 5.56 Å². The number of rotatable bonds is 3. The molecular formula is C9H14NSi. The molecule has 1 radical (unpaired) electrons. The second-order valence-electron chi connectivity index (χ2n) is 2.84. The molecule has 0 spiro atoms. The lowest BCUT2D eigenvalue weighted by Gasteiger charge is -2.05. The number of hydrogen-bond donors (Lipinski definition) is 1. The molecule has 0 aliphatic heterocycles. The van der Waals surface area contributed by atoms with Crippen LogP contribution in [0.25, 0.3) is 0 Å². The molecule has 0 bridgehead atoms. The smallest absolute Gasteiger partial charge is 0.127 e. The quantitative estimate of drug-likeness (QED) is 0.674. The highest BCUT2D eigenvalue weighted by atomic mass is 28.3. The van der Waals surface area contributed by atoms with Crippen LogP contribution >= 0.6 is 0 Å². The van der Waals surface area contributed by atoms with E-state index < -0.39 is 0 Å². The summed E-state index contributed by atoms with van der Waals surface area (Å²) in [4.78, 5) is 3.46. The zero-order chi connectivity index (χ0) is 8.10. The lowest BCUT2D eigenvalue weighted by atomic mass is 10.2. The van der Waals surface area contributed by atoms with Crippen molar-refractivity contribution in [2.24, 2.45) is 0 Å². The fourth-order valence-corrected chi connectivity index (χ4v) is 1.43. The van der Waals surface area contributed by atoms with Gasteiger partial charge in [-0.15, -0.1) is 0 Å². The third-order valence-corrected chi connectivity index (χ3v) is 2.37. The summed E-state index contributed by atoms with van der Waals surface area (Å²) >= 11 is 0. The molecule has 59 valence electrons. The summed E-state index contributed by atoms with van der Waals surface area (Å²) in [6.07, 6.45) is 0. The van der Waals surface area contributed by atoms with Gasteiger partial charge in [0.25, 0.3) is 0 Å². The van der Waals surface area contributed by atoms with Gasteiger partial charge in [0.05, 0.1) is 0 Å². The normalized spacial score (nSPS) is 10.5. The van der Waals surface area contributed by atoms with Crippen LogP contribution in [0.4, 0.5) is 0 Å². The maximum atomic E-state index is 3.46. The van der Waals surface area contributed by atoms with Crippen molar-refractivity contribution in [2.45, 2.75) is 19.6 Å². The Labute approximate surface area is 70.1 Å². The fraction of sp³-hybridized carbons (Fsp3) is 0.333. The molecule has 11 heavy (non-hydrogen) atoms. The lowest BCUT2D eigenvalue weighted by molar-refractivity contribution is 0.935. The predicted molar refractivity (Wildman–Crippen MR) is 50.8 cm³/mol. The van der Waals surface area contributed by atoms with E-state index in [0.717, 1.165) is 6.54 Å². The van der Waals surface area contributed by atoms with Gasteiger partial charge in [0.15, 0.2) is 0 Å². The van der Waals surface area contributed by atoms with Crippen molar-refractivity contribution in [3.8, 4) is 0 Å². The largest absolute Gasteiger partial charge is 0.334 e. The molecule has 1 aromatic carbocycles. The number of nitrogens with one attached hydrogen (secondary N) is 1. The molecule has 1 rings (SSSR count). The highest BCUT2D eigenvalue weighted by molar-refractivity contribution is 6.52. The Bertz CT molecular complexity index is 196. The van der Waals surface area contributed by atoms with Crippen molar-refractivity contribution in [2.75, 3.05) is 0 Å². The maximum absolute atomic E-state index is 3.46. The zero-order valence-electron chi connectivity index (χ0n) is 7.09. The number of benzene rings is 1. The highest BCUT2D eigenvalue weighted by Gasteiger charge is 1.94. The van der Waals surface area contributed by atoms with Crippen LogP contribution in [-0.4, -0.2) is 8.96 Å². The summed E-state index contributed by atoms with van der Waals surface area (Å²) < 4.78 is 0. The molecular weight excluding hydrogens is 150 g/mol. The average molecular weight is 164 g/mol. The van der Waals surface area contributed by atoms with E-state index in [1.165, 1.54) is 5.56 Å². The Morgan fingerprint density at radius 2 is 1.82 bits per heavy atom. The molecule has 0 atom stereocenters. The van der Waals surface area contributed by atoms with E-state index in [9.17, 15) is 0 Å². The molecule has 0 amide bonds. The van der Waals surface area contributed by atoms with Crippen LogP contribution in [0.3, 0.4) is 0 Å². The van der Waals surface area contributed by atoms with Gasteiger partial charge in [0, 0.05) is 6.54 Å². The molecule has 0 unspecified atom stereocenters. The minimum absolute atomic E-state index is 0.282. The van der Waals surface area contributed by atoms with Gasteiger partial charge in [0.2, 0.25) is 0 Å². The van der Waals surface area contributed by atoms with E-state index in [4.69, 9.17) is 0 Å². The van der Waals surface area contributed by atoms with Crippen LogP contribution in [0.5, 0.6) is 0 Å². The minimum Gasteiger partial charge on any atom is -0.334 e. The molecule has 0 saturated carbocycles. The summed E-state index contributed by atoms with van der Waals surface area (Å²) in [5.74, 6) is 0. The van der Waals surface area contributed by atoms with Gasteiger partial charge in [-0.3, -0.25) is 0 Å². The van der Waals surface area contributed by atoms with Crippen molar-refractivity contribution in [1.29, 1.82) is 0 Å². The van der Waals surface area contributed by atoms with Crippen LogP contribution in [-0.2, 0) is 6.54 Å². The molecule has 1 N–H and O–H groups in total. The fourth-order valence-electron chi connectivity index (χ4n) is 0.875. The molecule has 1 nitrogen and oxygen atoms in total. The monoisotopic (exact) mass is 164 g/mol. The van der Waals surface area contributed by atoms with Crippen LogP contribution in [0, 0.1) is 0 Å². The number of hydrogen-bond acceptors (Lipinski definition) is 1. The standard InChI is InChI=1S/C9H14NSi/c1-11(2)10-8-9-6-4-3-5-7-9/h3-7,10H,8H2,1-2H3. The molecule has 0 fully saturated rings. The molecule has 2 heteroatoms. The molecule has 0 aliphatic rings. The van der Waals surface area contributed by atoms with Gasteiger partial charge < -0.3 is 4.98 Å². The first kappa shape index (κ1) is 8.49. The third kappa shape index (κ3) is 3.35. The highest BCUT2D eigenvalue weighted by Crippen LogP contribution is 1.96. The second-order valence-corrected chi connectivity index (χ2v) is 5.19. The summed E-state index contributed by atoms with van der Waals surface area (Å²) in [5.41, 5.74) is 1.37. The Morgan fingerprint density at radius 1 is 1.18 bits per heavy atom. The second kappa shape index (κ2) is 4.31. The van der Waals surface area contributed by atoms with Gasteiger partial charge in [-0.1, -0.05) is 43.4 Å². The summed E-state index contributed by atoms with van der Waals surface area (Å²) in [6.45, 7) is 5.53. The van der Waals surface area contributed by atoms with E-state index in [0.29, 0.717) is 0 Å². The molecule has 0 heterocycles. The van der Waals surface area contributed by atoms with Gasteiger partial charge in [-0.25, -0.2) is 0 Å². The van der Waals surface area contributed by atoms with Crippen molar-refractivity contribution in [1.82, 2.24) is 4.98 Å². The molecule has 1 aromatic rings. The average Bonchev–Trinajstić information content (AvgIpc) is 2.03. The van der Waals surface area contributed by atoms with E-state index in [1.807, 2.05) is 6.07 Å². The van der Waals surface area contributed by atoms with Crippen molar-refractivity contribution < 1.29 is 0 Å². The molecule has 0 aromatic heterocycles. The Morgan fingerprint density at radius 3 is 2.36 bits per heavy atom. The summed E-state index contributed by atoms with van der Waals surface area (Å²) in [5, 5.41) is 0. The van der Waals surface area contributed by atoms with E-state index in [-0.39, 0.29) is 8.96 Å². The van der Waals surface area contributed by atoms with Crippen molar-refractivity contribution in [3.05, 3.63) is 35.9 Å². The maximum Gasteiger partial charge on any atom is 0.127 e. The topological polar surface area (TPSA) is 12.0 Å². The first-order chi connectivity index (χ1) is 5.29. The first-order valence-corrected chi connectivity index (χ1v) is 6.37. The van der Waals surface area contributed by atoms with Crippen LogP contribution in [0.15, 0.2) is 30.3 Å².